The lowest BCUT2D eigenvalue weighted by Gasteiger charge is -2.23. The molecule has 1 amide bonds. The number of ketones is 1. The highest BCUT2D eigenvalue weighted by Gasteiger charge is 2.28. The van der Waals surface area contributed by atoms with Crippen LogP contribution in [0.4, 0.5) is 5.95 Å². The Morgan fingerprint density at radius 2 is 2.00 bits per heavy atom. The first-order chi connectivity index (χ1) is 13.5. The summed E-state index contributed by atoms with van der Waals surface area (Å²) in [4.78, 5) is 33.6. The zero-order chi connectivity index (χ0) is 20.1. The molecular formula is C22H26ClN3O2. The third-order valence-electron chi connectivity index (χ3n) is 5.30. The Morgan fingerprint density at radius 3 is 2.71 bits per heavy atom. The van der Waals surface area contributed by atoms with Gasteiger partial charge in [0, 0.05) is 23.6 Å². The van der Waals surface area contributed by atoms with E-state index in [-0.39, 0.29) is 29.5 Å². The van der Waals surface area contributed by atoms with Crippen molar-refractivity contribution in [1.82, 2.24) is 9.97 Å². The van der Waals surface area contributed by atoms with Gasteiger partial charge in [0.15, 0.2) is 5.78 Å². The van der Waals surface area contributed by atoms with E-state index in [0.29, 0.717) is 29.1 Å². The Morgan fingerprint density at radius 1 is 1.25 bits per heavy atom. The Labute approximate surface area is 170 Å². The molecule has 1 aromatic carbocycles. The molecule has 6 heteroatoms. The number of unbranched alkanes of at least 4 members (excludes halogenated alkanes) is 2. The summed E-state index contributed by atoms with van der Waals surface area (Å²) in [5.41, 5.74) is 2.32. The van der Waals surface area contributed by atoms with Crippen LogP contribution in [0.25, 0.3) is 0 Å². The number of halogens is 1. The lowest BCUT2D eigenvalue weighted by atomic mass is 9.82. The van der Waals surface area contributed by atoms with Crippen LogP contribution in [0.3, 0.4) is 0 Å². The fraction of sp³-hybridized carbons (Fsp3) is 0.455. The first kappa shape index (κ1) is 20.5. The number of hydrogen-bond acceptors (Lipinski definition) is 4. The Kier molecular flexibility index (Phi) is 6.79. The summed E-state index contributed by atoms with van der Waals surface area (Å²) in [6.45, 7) is 4.06. The third-order valence-corrected chi connectivity index (χ3v) is 5.56. The molecule has 0 radical (unpaired) electrons. The van der Waals surface area contributed by atoms with Gasteiger partial charge in [0.2, 0.25) is 11.9 Å². The second-order valence-electron chi connectivity index (χ2n) is 7.52. The SMILES string of the molecule is CCCCCC(C)C(=O)Nc1ncc2c(n1)CC(c1ccc(Cl)cc1)CC2=O. The zero-order valence-corrected chi connectivity index (χ0v) is 17.1. The van der Waals surface area contributed by atoms with Crippen molar-refractivity contribution in [2.75, 3.05) is 5.32 Å². The van der Waals surface area contributed by atoms with Gasteiger partial charge in [-0.05, 0) is 36.5 Å². The summed E-state index contributed by atoms with van der Waals surface area (Å²) in [5, 5.41) is 3.48. The lowest BCUT2D eigenvalue weighted by molar-refractivity contribution is -0.119. The number of carbonyl (C=O) groups is 2. The number of fused-ring (bicyclic) bond motifs is 1. The molecule has 0 aliphatic heterocycles. The van der Waals surface area contributed by atoms with Crippen LogP contribution < -0.4 is 5.32 Å². The van der Waals surface area contributed by atoms with Crippen LogP contribution in [0.15, 0.2) is 30.5 Å². The van der Waals surface area contributed by atoms with Crippen molar-refractivity contribution in [3.8, 4) is 0 Å². The molecule has 1 N–H and O–H groups in total. The average Bonchev–Trinajstić information content (AvgIpc) is 2.68. The lowest BCUT2D eigenvalue weighted by Crippen LogP contribution is -2.24. The highest BCUT2D eigenvalue weighted by Crippen LogP contribution is 2.32. The molecule has 0 bridgehead atoms. The topological polar surface area (TPSA) is 72.0 Å². The molecule has 5 nitrogen and oxygen atoms in total. The van der Waals surface area contributed by atoms with Crippen LogP contribution >= 0.6 is 11.6 Å². The van der Waals surface area contributed by atoms with E-state index in [9.17, 15) is 9.59 Å². The molecule has 0 saturated carbocycles. The van der Waals surface area contributed by atoms with E-state index < -0.39 is 0 Å². The molecule has 2 aromatic rings. The van der Waals surface area contributed by atoms with Gasteiger partial charge in [-0.25, -0.2) is 9.97 Å². The van der Waals surface area contributed by atoms with E-state index in [4.69, 9.17) is 11.6 Å². The van der Waals surface area contributed by atoms with Gasteiger partial charge >= 0.3 is 0 Å². The van der Waals surface area contributed by atoms with E-state index in [1.54, 1.807) is 6.20 Å². The van der Waals surface area contributed by atoms with E-state index in [0.717, 1.165) is 31.2 Å². The molecule has 3 rings (SSSR count). The number of hydrogen-bond donors (Lipinski definition) is 1. The van der Waals surface area contributed by atoms with Crippen LogP contribution in [-0.4, -0.2) is 21.7 Å². The van der Waals surface area contributed by atoms with E-state index in [1.807, 2.05) is 31.2 Å². The number of Topliss-reactive ketones (excluding diaryl/α,β-unsaturated/α-hetero) is 1. The number of aromatic nitrogens is 2. The predicted octanol–water partition coefficient (Wildman–Crippen LogP) is 5.20. The van der Waals surface area contributed by atoms with Crippen molar-refractivity contribution < 1.29 is 9.59 Å². The molecule has 148 valence electrons. The Balaban J connectivity index is 1.71. The van der Waals surface area contributed by atoms with Crippen molar-refractivity contribution in [3.05, 3.63) is 52.3 Å². The smallest absolute Gasteiger partial charge is 0.229 e. The standard InChI is InChI=1S/C22H26ClN3O2/c1-3-4-5-6-14(2)21(28)26-22-24-13-18-19(25-22)11-16(12-20(18)27)15-7-9-17(23)10-8-15/h7-10,13-14,16H,3-6,11-12H2,1-2H3,(H,24,25,26,28). The predicted molar refractivity (Wildman–Crippen MR) is 111 cm³/mol. The fourth-order valence-corrected chi connectivity index (χ4v) is 3.67. The second-order valence-corrected chi connectivity index (χ2v) is 7.96. The molecule has 0 spiro atoms. The van der Waals surface area contributed by atoms with Gasteiger partial charge in [0.25, 0.3) is 0 Å². The molecule has 1 aromatic heterocycles. The maximum absolute atomic E-state index is 12.5. The minimum atomic E-state index is -0.0883. The van der Waals surface area contributed by atoms with Crippen molar-refractivity contribution in [1.29, 1.82) is 0 Å². The van der Waals surface area contributed by atoms with Gasteiger partial charge < -0.3 is 0 Å². The van der Waals surface area contributed by atoms with Gasteiger partial charge in [0.05, 0.1) is 11.3 Å². The van der Waals surface area contributed by atoms with Crippen LogP contribution in [0.5, 0.6) is 0 Å². The minimum Gasteiger partial charge on any atom is -0.294 e. The molecule has 28 heavy (non-hydrogen) atoms. The normalized spacial score (nSPS) is 17.1. The number of anilines is 1. The second kappa shape index (κ2) is 9.28. The highest BCUT2D eigenvalue weighted by molar-refractivity contribution is 6.30. The highest BCUT2D eigenvalue weighted by atomic mass is 35.5. The number of rotatable bonds is 7. The number of benzene rings is 1. The molecule has 1 heterocycles. The van der Waals surface area contributed by atoms with Crippen molar-refractivity contribution in [2.45, 2.75) is 58.3 Å². The first-order valence-corrected chi connectivity index (χ1v) is 10.3. The van der Waals surface area contributed by atoms with Crippen LogP contribution in [-0.2, 0) is 11.2 Å². The van der Waals surface area contributed by atoms with Gasteiger partial charge in [-0.1, -0.05) is 56.8 Å². The fourth-order valence-electron chi connectivity index (χ4n) is 3.54. The summed E-state index contributed by atoms with van der Waals surface area (Å²) in [7, 11) is 0. The largest absolute Gasteiger partial charge is 0.294 e. The molecule has 0 fully saturated rings. The third kappa shape index (κ3) is 4.96. The van der Waals surface area contributed by atoms with E-state index in [2.05, 4.69) is 22.2 Å². The molecule has 2 unspecified atom stereocenters. The van der Waals surface area contributed by atoms with E-state index >= 15 is 0 Å². The number of amides is 1. The summed E-state index contributed by atoms with van der Waals surface area (Å²) < 4.78 is 0. The van der Waals surface area contributed by atoms with Crippen LogP contribution in [0, 0.1) is 5.92 Å². The Hall–Kier alpha value is -2.27. The van der Waals surface area contributed by atoms with Crippen LogP contribution in [0.1, 0.15) is 73.5 Å². The molecule has 2 atom stereocenters. The van der Waals surface area contributed by atoms with Crippen molar-refractivity contribution >= 4 is 29.2 Å². The Bertz CT molecular complexity index is 851. The van der Waals surface area contributed by atoms with Crippen molar-refractivity contribution in [2.24, 2.45) is 5.92 Å². The quantitative estimate of drug-likeness (QED) is 0.649. The molecular weight excluding hydrogens is 374 g/mol. The van der Waals surface area contributed by atoms with Crippen LogP contribution in [0.2, 0.25) is 5.02 Å². The van der Waals surface area contributed by atoms with Gasteiger partial charge in [-0.2, -0.15) is 0 Å². The molecule has 1 aliphatic rings. The number of nitrogens with zero attached hydrogens (tertiary/aromatic N) is 2. The van der Waals surface area contributed by atoms with Gasteiger partial charge in [-0.15, -0.1) is 0 Å². The van der Waals surface area contributed by atoms with Gasteiger partial charge in [0.1, 0.15) is 0 Å². The maximum Gasteiger partial charge on any atom is 0.229 e. The summed E-state index contributed by atoms with van der Waals surface area (Å²) in [6.07, 6.45) is 6.75. The van der Waals surface area contributed by atoms with Crippen molar-refractivity contribution in [3.63, 3.8) is 0 Å². The number of carbonyl (C=O) groups excluding carboxylic acids is 2. The average molecular weight is 400 g/mol. The maximum atomic E-state index is 12.5. The summed E-state index contributed by atoms with van der Waals surface area (Å²) in [6, 6.07) is 7.57. The zero-order valence-electron chi connectivity index (χ0n) is 16.4. The number of nitrogens with one attached hydrogen (secondary N) is 1. The molecule has 1 aliphatic carbocycles. The van der Waals surface area contributed by atoms with E-state index in [1.165, 1.54) is 0 Å². The molecule has 0 saturated heterocycles. The first-order valence-electron chi connectivity index (χ1n) is 9.93. The monoisotopic (exact) mass is 399 g/mol. The van der Waals surface area contributed by atoms with Gasteiger partial charge in [-0.3, -0.25) is 14.9 Å². The summed E-state index contributed by atoms with van der Waals surface area (Å²) >= 11 is 5.97. The minimum absolute atomic E-state index is 0.0343. The summed E-state index contributed by atoms with van der Waals surface area (Å²) in [5.74, 6) is 0.202.